The van der Waals surface area contributed by atoms with E-state index in [9.17, 15) is 4.79 Å². The van der Waals surface area contributed by atoms with Crippen LogP contribution in [0.5, 0.6) is 0 Å². The molecule has 0 saturated heterocycles. The minimum Gasteiger partial charge on any atom is -0.411 e. The monoisotopic (exact) mass is 371 g/mol. The number of aromatic nitrogens is 1. The highest BCUT2D eigenvalue weighted by Gasteiger charge is 2.11. The second-order valence-corrected chi connectivity index (χ2v) is 5.86. The Morgan fingerprint density at radius 2 is 1.96 bits per heavy atom. The summed E-state index contributed by atoms with van der Waals surface area (Å²) in [5.74, 6) is -0.134. The second kappa shape index (κ2) is 6.66. The van der Waals surface area contributed by atoms with Gasteiger partial charge in [0.05, 0.1) is 11.9 Å². The maximum absolute atomic E-state index is 12.3. The minimum absolute atomic E-state index is 0.134. The molecule has 2 aromatic carbocycles. The number of fused-ring (bicyclic) bond motifs is 1. The highest BCUT2D eigenvalue weighted by molar-refractivity contribution is 9.10. The topological polar surface area (TPSA) is 66.6 Å². The summed E-state index contributed by atoms with van der Waals surface area (Å²) >= 11 is 3.41. The lowest BCUT2D eigenvalue weighted by atomic mass is 10.2. The molecular weight excluding hydrogens is 358 g/mol. The van der Waals surface area contributed by atoms with Crippen molar-refractivity contribution in [2.24, 2.45) is 5.16 Å². The van der Waals surface area contributed by atoms with Gasteiger partial charge in [-0.1, -0.05) is 35.5 Å². The first-order chi connectivity index (χ1) is 11.2. The first-order valence-corrected chi connectivity index (χ1v) is 7.78. The molecule has 0 atom stereocenters. The van der Waals surface area contributed by atoms with Crippen molar-refractivity contribution in [1.29, 1.82) is 0 Å². The lowest BCUT2D eigenvalue weighted by Gasteiger charge is -2.08. The third-order valence-corrected chi connectivity index (χ3v) is 4.17. The number of amides is 1. The molecule has 0 unspecified atom stereocenters. The van der Waals surface area contributed by atoms with Crippen molar-refractivity contribution in [3.63, 3.8) is 0 Å². The Kier molecular flexibility index (Phi) is 4.43. The zero-order chi connectivity index (χ0) is 16.2. The van der Waals surface area contributed by atoms with Crippen molar-refractivity contribution in [2.45, 2.75) is 6.54 Å². The van der Waals surface area contributed by atoms with E-state index in [-0.39, 0.29) is 12.5 Å². The van der Waals surface area contributed by atoms with E-state index in [0.29, 0.717) is 0 Å². The number of benzene rings is 2. The molecule has 3 rings (SSSR count). The van der Waals surface area contributed by atoms with Crippen LogP contribution in [0, 0.1) is 0 Å². The van der Waals surface area contributed by atoms with Gasteiger partial charge in [0.25, 0.3) is 0 Å². The molecule has 5 nitrogen and oxygen atoms in total. The fourth-order valence-electron chi connectivity index (χ4n) is 2.48. The molecule has 0 aliphatic heterocycles. The van der Waals surface area contributed by atoms with E-state index in [0.717, 1.165) is 26.6 Å². The fourth-order valence-corrected chi connectivity index (χ4v) is 2.86. The number of rotatable bonds is 4. The molecule has 0 fully saturated rings. The van der Waals surface area contributed by atoms with E-state index in [1.54, 1.807) is 6.20 Å². The first-order valence-electron chi connectivity index (χ1n) is 6.98. The summed E-state index contributed by atoms with van der Waals surface area (Å²) in [7, 11) is 0. The van der Waals surface area contributed by atoms with Gasteiger partial charge in [0.15, 0.2) is 0 Å². The number of hydrogen-bond acceptors (Lipinski definition) is 3. The van der Waals surface area contributed by atoms with Crippen molar-refractivity contribution in [3.05, 3.63) is 64.8 Å². The van der Waals surface area contributed by atoms with Crippen LogP contribution in [0.15, 0.2) is 64.4 Å². The van der Waals surface area contributed by atoms with Crippen molar-refractivity contribution in [3.8, 4) is 0 Å². The van der Waals surface area contributed by atoms with Crippen LogP contribution in [-0.4, -0.2) is 21.9 Å². The molecular formula is C17H14BrN3O2. The molecule has 23 heavy (non-hydrogen) atoms. The average Bonchev–Trinajstić information content (AvgIpc) is 2.88. The van der Waals surface area contributed by atoms with Gasteiger partial charge in [-0.15, -0.1) is 0 Å². The van der Waals surface area contributed by atoms with E-state index >= 15 is 0 Å². The molecule has 1 amide bonds. The number of nitrogens with zero attached hydrogens (tertiary/aromatic N) is 2. The highest BCUT2D eigenvalue weighted by atomic mass is 79.9. The summed E-state index contributed by atoms with van der Waals surface area (Å²) in [5, 5.41) is 15.7. The molecule has 116 valence electrons. The Hall–Kier alpha value is -2.60. The third-order valence-electron chi connectivity index (χ3n) is 3.48. The van der Waals surface area contributed by atoms with Crippen molar-refractivity contribution >= 4 is 44.6 Å². The lowest BCUT2D eigenvalue weighted by molar-refractivity contribution is -0.116. The van der Waals surface area contributed by atoms with Crippen molar-refractivity contribution < 1.29 is 10.0 Å². The predicted molar refractivity (Wildman–Crippen MR) is 94.1 cm³/mol. The van der Waals surface area contributed by atoms with Crippen LogP contribution < -0.4 is 5.32 Å². The summed E-state index contributed by atoms with van der Waals surface area (Å²) in [4.78, 5) is 12.3. The normalized spacial score (nSPS) is 11.2. The Morgan fingerprint density at radius 1 is 1.22 bits per heavy atom. The van der Waals surface area contributed by atoms with Crippen LogP contribution >= 0.6 is 15.9 Å². The molecule has 0 radical (unpaired) electrons. The van der Waals surface area contributed by atoms with Crippen molar-refractivity contribution in [2.75, 3.05) is 5.32 Å². The maximum Gasteiger partial charge on any atom is 0.244 e. The minimum atomic E-state index is -0.134. The van der Waals surface area contributed by atoms with E-state index < -0.39 is 0 Å². The molecule has 0 aliphatic carbocycles. The lowest BCUT2D eigenvalue weighted by Crippen LogP contribution is -2.18. The molecule has 3 aromatic rings. The van der Waals surface area contributed by atoms with Gasteiger partial charge in [-0.2, -0.15) is 0 Å². The number of carbonyl (C=O) groups is 1. The number of nitrogens with one attached hydrogen (secondary N) is 1. The summed E-state index contributed by atoms with van der Waals surface area (Å²) < 4.78 is 2.66. The average molecular weight is 372 g/mol. The SMILES string of the molecule is O=C(Cn1cc(C=NO)c2ccccc21)Nc1ccccc1Br. The Balaban J connectivity index is 1.87. The molecule has 0 aliphatic rings. The van der Waals surface area contributed by atoms with Gasteiger partial charge < -0.3 is 15.1 Å². The van der Waals surface area contributed by atoms with Crippen LogP contribution in [0.4, 0.5) is 5.69 Å². The van der Waals surface area contributed by atoms with Crippen LogP contribution in [0.1, 0.15) is 5.56 Å². The molecule has 0 saturated carbocycles. The zero-order valence-corrected chi connectivity index (χ0v) is 13.7. The van der Waals surface area contributed by atoms with E-state index in [4.69, 9.17) is 5.21 Å². The summed E-state index contributed by atoms with van der Waals surface area (Å²) in [6, 6.07) is 15.1. The quantitative estimate of drug-likeness (QED) is 0.415. The maximum atomic E-state index is 12.3. The van der Waals surface area contributed by atoms with Gasteiger partial charge in [0.1, 0.15) is 6.54 Å². The number of hydrogen-bond donors (Lipinski definition) is 2. The van der Waals surface area contributed by atoms with Gasteiger partial charge >= 0.3 is 0 Å². The summed E-state index contributed by atoms with van der Waals surface area (Å²) in [6.45, 7) is 0.168. The molecule has 2 N–H and O–H groups in total. The fraction of sp³-hybridized carbons (Fsp3) is 0.0588. The number of para-hydroxylation sites is 2. The standard InChI is InChI=1S/C17H14BrN3O2/c18-14-6-2-3-7-15(14)20-17(22)11-21-10-12(9-19-23)13-5-1-4-8-16(13)21/h1-10,23H,11H2,(H,20,22). The largest absolute Gasteiger partial charge is 0.411 e. The number of halogens is 1. The van der Waals surface area contributed by atoms with Gasteiger partial charge in [-0.25, -0.2) is 0 Å². The van der Waals surface area contributed by atoms with E-state index in [2.05, 4.69) is 26.4 Å². The summed E-state index contributed by atoms with van der Waals surface area (Å²) in [6.07, 6.45) is 3.16. The third kappa shape index (κ3) is 3.27. The van der Waals surface area contributed by atoms with Gasteiger partial charge in [0, 0.05) is 27.1 Å². The van der Waals surface area contributed by atoms with Gasteiger partial charge in [-0.3, -0.25) is 4.79 Å². The number of oxime groups is 1. The number of carbonyl (C=O) groups excluding carboxylic acids is 1. The molecule has 0 spiro atoms. The number of anilines is 1. The molecule has 1 aromatic heterocycles. The van der Waals surface area contributed by atoms with Crippen LogP contribution in [0.25, 0.3) is 10.9 Å². The van der Waals surface area contributed by atoms with Crippen LogP contribution in [0.3, 0.4) is 0 Å². The Labute approximate surface area is 141 Å². The smallest absolute Gasteiger partial charge is 0.244 e. The second-order valence-electron chi connectivity index (χ2n) is 5.00. The van der Waals surface area contributed by atoms with E-state index in [1.165, 1.54) is 6.21 Å². The highest BCUT2D eigenvalue weighted by Crippen LogP contribution is 2.22. The molecule has 0 bridgehead atoms. The van der Waals surface area contributed by atoms with Gasteiger partial charge in [0.2, 0.25) is 5.91 Å². The first kappa shape index (κ1) is 15.3. The van der Waals surface area contributed by atoms with Crippen LogP contribution in [0.2, 0.25) is 0 Å². The molecule has 6 heteroatoms. The van der Waals surface area contributed by atoms with Gasteiger partial charge in [-0.05, 0) is 34.1 Å². The Bertz CT molecular complexity index is 886. The van der Waals surface area contributed by atoms with Crippen molar-refractivity contribution in [1.82, 2.24) is 4.57 Å². The molecule has 1 heterocycles. The predicted octanol–water partition coefficient (Wildman–Crippen LogP) is 3.85. The van der Waals surface area contributed by atoms with E-state index in [1.807, 2.05) is 53.1 Å². The summed E-state index contributed by atoms with van der Waals surface area (Å²) in [5.41, 5.74) is 2.40. The van der Waals surface area contributed by atoms with Crippen LogP contribution in [-0.2, 0) is 11.3 Å². The Morgan fingerprint density at radius 3 is 2.74 bits per heavy atom. The zero-order valence-electron chi connectivity index (χ0n) is 12.1.